The van der Waals surface area contributed by atoms with Crippen LogP contribution in [0.3, 0.4) is 0 Å². The van der Waals surface area contributed by atoms with Crippen LogP contribution < -0.4 is 9.64 Å². The summed E-state index contributed by atoms with van der Waals surface area (Å²) in [5.41, 5.74) is 3.51. The topological polar surface area (TPSA) is 32.7 Å². The molecular weight excluding hydrogens is 250 g/mol. The van der Waals surface area contributed by atoms with E-state index < -0.39 is 0 Å². The van der Waals surface area contributed by atoms with Crippen LogP contribution in [0.5, 0.6) is 11.5 Å². The largest absolute Gasteiger partial charge is 0.504 e. The lowest BCUT2D eigenvalue weighted by atomic mass is 10.1. The van der Waals surface area contributed by atoms with Gasteiger partial charge in [-0.2, -0.15) is 0 Å². The van der Waals surface area contributed by atoms with Crippen LogP contribution in [-0.2, 0) is 6.54 Å². The molecule has 106 valence electrons. The molecule has 20 heavy (non-hydrogen) atoms. The minimum Gasteiger partial charge on any atom is -0.504 e. The Balaban J connectivity index is 2.20. The van der Waals surface area contributed by atoms with Gasteiger partial charge in [0.25, 0.3) is 0 Å². The first kappa shape index (κ1) is 14.3. The lowest BCUT2D eigenvalue weighted by Crippen LogP contribution is -2.21. The van der Waals surface area contributed by atoms with Gasteiger partial charge >= 0.3 is 0 Å². The van der Waals surface area contributed by atoms with Gasteiger partial charge in [-0.05, 0) is 49.2 Å². The molecule has 0 amide bonds. The van der Waals surface area contributed by atoms with E-state index in [1.54, 1.807) is 19.2 Å². The molecule has 0 atom stereocenters. The molecule has 0 bridgehead atoms. The zero-order valence-electron chi connectivity index (χ0n) is 12.3. The highest BCUT2D eigenvalue weighted by atomic mass is 16.5. The molecule has 0 aliphatic heterocycles. The van der Waals surface area contributed by atoms with Crippen molar-refractivity contribution in [1.82, 2.24) is 0 Å². The van der Waals surface area contributed by atoms with Gasteiger partial charge in [0.15, 0.2) is 11.5 Å². The predicted octanol–water partition coefficient (Wildman–Crippen LogP) is 3.74. The highest BCUT2D eigenvalue weighted by molar-refractivity contribution is 5.50. The lowest BCUT2D eigenvalue weighted by molar-refractivity contribution is 0.373. The molecule has 0 fully saturated rings. The summed E-state index contributed by atoms with van der Waals surface area (Å²) < 4.78 is 5.07. The van der Waals surface area contributed by atoms with Gasteiger partial charge in [0.2, 0.25) is 0 Å². The average Bonchev–Trinajstić information content (AvgIpc) is 2.45. The number of benzene rings is 2. The molecule has 0 unspecified atom stereocenters. The molecular formula is C17H21NO2. The third kappa shape index (κ3) is 3.23. The normalized spacial score (nSPS) is 10.3. The van der Waals surface area contributed by atoms with Gasteiger partial charge in [0.1, 0.15) is 0 Å². The second-order valence-electron chi connectivity index (χ2n) is 4.86. The Morgan fingerprint density at radius 2 is 1.95 bits per heavy atom. The summed E-state index contributed by atoms with van der Waals surface area (Å²) in [6.07, 6.45) is 0. The lowest BCUT2D eigenvalue weighted by Gasteiger charge is -2.24. The third-order valence-corrected chi connectivity index (χ3v) is 3.37. The maximum absolute atomic E-state index is 9.85. The number of phenols is 1. The molecule has 0 aliphatic carbocycles. The maximum Gasteiger partial charge on any atom is 0.160 e. The zero-order valence-corrected chi connectivity index (χ0v) is 12.3. The molecule has 0 spiro atoms. The standard InChI is InChI=1S/C17H21NO2/c1-4-18(15-7-5-6-13(2)10-15)12-14-8-9-17(20-3)16(19)11-14/h5-11,19H,4,12H2,1-3H3. The first-order valence-corrected chi connectivity index (χ1v) is 6.81. The molecule has 0 aliphatic rings. The number of aryl methyl sites for hydroxylation is 1. The van der Waals surface area contributed by atoms with Crippen LogP contribution in [0.25, 0.3) is 0 Å². The molecule has 0 radical (unpaired) electrons. The van der Waals surface area contributed by atoms with Crippen molar-refractivity contribution in [1.29, 1.82) is 0 Å². The number of anilines is 1. The van der Waals surface area contributed by atoms with E-state index in [4.69, 9.17) is 4.74 Å². The predicted molar refractivity (Wildman–Crippen MR) is 82.6 cm³/mol. The monoisotopic (exact) mass is 271 g/mol. The summed E-state index contributed by atoms with van der Waals surface area (Å²) in [6.45, 7) is 5.90. The first-order chi connectivity index (χ1) is 9.63. The molecule has 2 aromatic carbocycles. The van der Waals surface area contributed by atoms with E-state index in [2.05, 4.69) is 43.0 Å². The van der Waals surface area contributed by atoms with Crippen LogP contribution in [0, 0.1) is 6.92 Å². The van der Waals surface area contributed by atoms with Crippen LogP contribution in [0.4, 0.5) is 5.69 Å². The van der Waals surface area contributed by atoms with Crippen molar-refractivity contribution in [3.05, 3.63) is 53.6 Å². The number of phenolic OH excluding ortho intramolecular Hbond substituents is 1. The number of aromatic hydroxyl groups is 1. The Kier molecular flexibility index (Phi) is 4.51. The summed E-state index contributed by atoms with van der Waals surface area (Å²) in [5, 5.41) is 9.85. The summed E-state index contributed by atoms with van der Waals surface area (Å²) >= 11 is 0. The Morgan fingerprint density at radius 3 is 2.55 bits per heavy atom. The molecule has 3 heteroatoms. The van der Waals surface area contributed by atoms with Crippen molar-refractivity contribution < 1.29 is 9.84 Å². The molecule has 0 aromatic heterocycles. The van der Waals surface area contributed by atoms with E-state index in [1.165, 1.54) is 11.3 Å². The van der Waals surface area contributed by atoms with Gasteiger partial charge in [0, 0.05) is 18.8 Å². The van der Waals surface area contributed by atoms with Crippen LogP contribution in [0.1, 0.15) is 18.1 Å². The second kappa shape index (κ2) is 6.33. The smallest absolute Gasteiger partial charge is 0.160 e. The fraction of sp³-hybridized carbons (Fsp3) is 0.294. The van der Waals surface area contributed by atoms with Gasteiger partial charge < -0.3 is 14.7 Å². The number of hydrogen-bond donors (Lipinski definition) is 1. The van der Waals surface area contributed by atoms with Crippen molar-refractivity contribution in [3.8, 4) is 11.5 Å². The van der Waals surface area contributed by atoms with E-state index in [-0.39, 0.29) is 5.75 Å². The zero-order chi connectivity index (χ0) is 14.5. The van der Waals surface area contributed by atoms with Crippen molar-refractivity contribution in [2.75, 3.05) is 18.6 Å². The SMILES string of the molecule is CCN(Cc1ccc(OC)c(O)c1)c1cccc(C)c1. The van der Waals surface area contributed by atoms with E-state index >= 15 is 0 Å². The van der Waals surface area contributed by atoms with E-state index in [1.807, 2.05) is 6.07 Å². The molecule has 3 nitrogen and oxygen atoms in total. The fourth-order valence-corrected chi connectivity index (χ4v) is 2.26. The van der Waals surface area contributed by atoms with Crippen molar-refractivity contribution >= 4 is 5.69 Å². The highest BCUT2D eigenvalue weighted by Gasteiger charge is 2.08. The summed E-state index contributed by atoms with van der Waals surface area (Å²) in [5.74, 6) is 0.692. The Morgan fingerprint density at radius 1 is 1.15 bits per heavy atom. The Labute approximate surface area is 120 Å². The van der Waals surface area contributed by atoms with Crippen molar-refractivity contribution in [2.24, 2.45) is 0 Å². The minimum atomic E-state index is 0.185. The summed E-state index contributed by atoms with van der Waals surface area (Å²) in [4.78, 5) is 2.27. The van der Waals surface area contributed by atoms with Gasteiger partial charge in [-0.1, -0.05) is 18.2 Å². The van der Waals surface area contributed by atoms with Gasteiger partial charge in [-0.25, -0.2) is 0 Å². The Bertz CT molecular complexity index is 581. The minimum absolute atomic E-state index is 0.185. The van der Waals surface area contributed by atoms with Crippen molar-refractivity contribution in [2.45, 2.75) is 20.4 Å². The molecule has 1 N–H and O–H groups in total. The molecule has 0 heterocycles. The average molecular weight is 271 g/mol. The Hall–Kier alpha value is -2.16. The van der Waals surface area contributed by atoms with Crippen LogP contribution >= 0.6 is 0 Å². The number of rotatable bonds is 5. The van der Waals surface area contributed by atoms with Crippen LogP contribution in [0.2, 0.25) is 0 Å². The van der Waals surface area contributed by atoms with Gasteiger partial charge in [0.05, 0.1) is 7.11 Å². The summed E-state index contributed by atoms with van der Waals surface area (Å²) in [7, 11) is 1.56. The second-order valence-corrected chi connectivity index (χ2v) is 4.86. The first-order valence-electron chi connectivity index (χ1n) is 6.81. The maximum atomic E-state index is 9.85. The molecule has 2 rings (SSSR count). The van der Waals surface area contributed by atoms with Crippen LogP contribution in [-0.4, -0.2) is 18.8 Å². The molecule has 0 saturated heterocycles. The van der Waals surface area contributed by atoms with Crippen LogP contribution in [0.15, 0.2) is 42.5 Å². The number of nitrogens with zero attached hydrogens (tertiary/aromatic N) is 1. The number of ether oxygens (including phenoxy) is 1. The number of hydrogen-bond acceptors (Lipinski definition) is 3. The number of methoxy groups -OCH3 is 1. The summed E-state index contributed by atoms with van der Waals surface area (Å²) in [6, 6.07) is 14.0. The van der Waals surface area contributed by atoms with Gasteiger partial charge in [-0.15, -0.1) is 0 Å². The van der Waals surface area contributed by atoms with E-state index in [0.29, 0.717) is 5.75 Å². The quantitative estimate of drug-likeness (QED) is 0.899. The fourth-order valence-electron chi connectivity index (χ4n) is 2.26. The van der Waals surface area contributed by atoms with Crippen molar-refractivity contribution in [3.63, 3.8) is 0 Å². The van der Waals surface area contributed by atoms with Gasteiger partial charge in [-0.3, -0.25) is 0 Å². The van der Waals surface area contributed by atoms with E-state index in [9.17, 15) is 5.11 Å². The third-order valence-electron chi connectivity index (χ3n) is 3.37. The molecule has 2 aromatic rings. The van der Waals surface area contributed by atoms with E-state index in [0.717, 1.165) is 18.7 Å². The highest BCUT2D eigenvalue weighted by Crippen LogP contribution is 2.27. The molecule has 0 saturated carbocycles.